The highest BCUT2D eigenvalue weighted by Gasteiger charge is 2.22. The first-order valence-corrected chi connectivity index (χ1v) is 5.85. The van der Waals surface area contributed by atoms with Gasteiger partial charge in [0.25, 0.3) is 0 Å². The van der Waals surface area contributed by atoms with E-state index in [-0.39, 0.29) is 11.9 Å². The van der Waals surface area contributed by atoms with Crippen molar-refractivity contribution in [2.24, 2.45) is 0 Å². The molecule has 0 spiro atoms. The second-order valence-corrected chi connectivity index (χ2v) is 4.31. The number of likely N-dealkylation sites (N-methyl/N-ethyl adjacent to an activating group) is 1. The van der Waals surface area contributed by atoms with Crippen LogP contribution in [0.2, 0.25) is 0 Å². The molecule has 1 unspecified atom stereocenters. The lowest BCUT2D eigenvalue weighted by atomic mass is 10.2. The fraction of sp³-hybridized carbons (Fsp3) is 0.500. The van der Waals surface area contributed by atoms with Gasteiger partial charge < -0.3 is 15.5 Å². The summed E-state index contributed by atoms with van der Waals surface area (Å²) < 4.78 is 0. The fourth-order valence-electron chi connectivity index (χ4n) is 1.88. The molecular weight excluding hydrogens is 216 g/mol. The molecular formula is C12H18N4O. The molecule has 1 fully saturated rings. The lowest BCUT2D eigenvalue weighted by Crippen LogP contribution is -2.55. The minimum atomic E-state index is -0.113. The highest BCUT2D eigenvalue weighted by molar-refractivity contribution is 5.82. The van der Waals surface area contributed by atoms with Gasteiger partial charge in [0.15, 0.2) is 0 Å². The molecule has 2 N–H and O–H groups in total. The highest BCUT2D eigenvalue weighted by Crippen LogP contribution is 1.97. The summed E-state index contributed by atoms with van der Waals surface area (Å²) in [6.07, 6.45) is 1.73. The Morgan fingerprint density at radius 3 is 3.24 bits per heavy atom. The lowest BCUT2D eigenvalue weighted by molar-refractivity contribution is -0.124. The number of carbonyl (C=O) groups excluding carboxylic acids is 1. The standard InChI is InChI=1S/C12H18N4O/c1-16-7-6-14-11(9-16)12(17)15-8-10-4-2-3-5-13-10/h2-5,11,14H,6-9H2,1H3,(H,15,17). The molecule has 1 saturated heterocycles. The molecule has 1 aliphatic heterocycles. The summed E-state index contributed by atoms with van der Waals surface area (Å²) >= 11 is 0. The maximum absolute atomic E-state index is 11.9. The Kier molecular flexibility index (Phi) is 4.06. The van der Waals surface area contributed by atoms with Crippen molar-refractivity contribution in [2.75, 3.05) is 26.7 Å². The van der Waals surface area contributed by atoms with Crippen molar-refractivity contribution >= 4 is 5.91 Å². The van der Waals surface area contributed by atoms with Crippen LogP contribution in [-0.4, -0.2) is 48.5 Å². The van der Waals surface area contributed by atoms with E-state index in [9.17, 15) is 4.79 Å². The third kappa shape index (κ3) is 3.51. The molecule has 1 aromatic rings. The molecule has 0 aromatic carbocycles. The Morgan fingerprint density at radius 2 is 2.53 bits per heavy atom. The van der Waals surface area contributed by atoms with Gasteiger partial charge in [-0.05, 0) is 19.2 Å². The fourth-order valence-corrected chi connectivity index (χ4v) is 1.88. The van der Waals surface area contributed by atoms with E-state index in [0.29, 0.717) is 6.54 Å². The van der Waals surface area contributed by atoms with Crippen LogP contribution in [0, 0.1) is 0 Å². The number of pyridine rings is 1. The Bertz CT molecular complexity index is 368. The molecule has 92 valence electrons. The molecule has 0 saturated carbocycles. The average Bonchev–Trinajstić information content (AvgIpc) is 2.37. The first kappa shape index (κ1) is 12.0. The van der Waals surface area contributed by atoms with Crippen molar-refractivity contribution in [3.63, 3.8) is 0 Å². The average molecular weight is 234 g/mol. The van der Waals surface area contributed by atoms with Gasteiger partial charge in [-0.15, -0.1) is 0 Å². The van der Waals surface area contributed by atoms with Crippen LogP contribution < -0.4 is 10.6 Å². The van der Waals surface area contributed by atoms with Gasteiger partial charge in [0, 0.05) is 25.8 Å². The number of hydrogen-bond acceptors (Lipinski definition) is 4. The van der Waals surface area contributed by atoms with Crippen LogP contribution in [0.1, 0.15) is 5.69 Å². The molecule has 0 aliphatic carbocycles. The van der Waals surface area contributed by atoms with E-state index < -0.39 is 0 Å². The van der Waals surface area contributed by atoms with Crippen molar-refractivity contribution in [1.82, 2.24) is 20.5 Å². The third-order valence-corrected chi connectivity index (χ3v) is 2.86. The highest BCUT2D eigenvalue weighted by atomic mass is 16.2. The van der Waals surface area contributed by atoms with Crippen LogP contribution in [0.3, 0.4) is 0 Å². The first-order chi connectivity index (χ1) is 8.25. The van der Waals surface area contributed by atoms with Gasteiger partial charge in [-0.3, -0.25) is 9.78 Å². The minimum absolute atomic E-state index is 0.0437. The molecule has 1 amide bonds. The van der Waals surface area contributed by atoms with Crippen molar-refractivity contribution in [3.05, 3.63) is 30.1 Å². The number of nitrogens with zero attached hydrogens (tertiary/aromatic N) is 2. The number of hydrogen-bond donors (Lipinski definition) is 2. The van der Waals surface area contributed by atoms with Crippen LogP contribution >= 0.6 is 0 Å². The summed E-state index contributed by atoms with van der Waals surface area (Å²) in [4.78, 5) is 18.2. The van der Waals surface area contributed by atoms with E-state index in [1.807, 2.05) is 25.2 Å². The number of aromatic nitrogens is 1. The second kappa shape index (κ2) is 5.75. The molecule has 17 heavy (non-hydrogen) atoms. The van der Waals surface area contributed by atoms with Gasteiger partial charge >= 0.3 is 0 Å². The van der Waals surface area contributed by atoms with Crippen molar-refractivity contribution in [2.45, 2.75) is 12.6 Å². The van der Waals surface area contributed by atoms with Crippen LogP contribution in [0.25, 0.3) is 0 Å². The predicted molar refractivity (Wildman–Crippen MR) is 65.4 cm³/mol. The molecule has 1 atom stereocenters. The van der Waals surface area contributed by atoms with Crippen LogP contribution in [0.4, 0.5) is 0 Å². The van der Waals surface area contributed by atoms with Gasteiger partial charge in [-0.2, -0.15) is 0 Å². The SMILES string of the molecule is CN1CCNC(C(=O)NCc2ccccn2)C1. The summed E-state index contributed by atoms with van der Waals surface area (Å²) in [7, 11) is 2.03. The van der Waals surface area contributed by atoms with E-state index in [4.69, 9.17) is 0 Å². The van der Waals surface area contributed by atoms with Crippen molar-refractivity contribution in [1.29, 1.82) is 0 Å². The third-order valence-electron chi connectivity index (χ3n) is 2.86. The molecule has 0 bridgehead atoms. The van der Waals surface area contributed by atoms with Crippen LogP contribution in [-0.2, 0) is 11.3 Å². The molecule has 1 aliphatic rings. The zero-order valence-corrected chi connectivity index (χ0v) is 10.0. The number of piperazine rings is 1. The lowest BCUT2D eigenvalue weighted by Gasteiger charge is -2.29. The van der Waals surface area contributed by atoms with Crippen LogP contribution in [0.5, 0.6) is 0 Å². The Hall–Kier alpha value is -1.46. The van der Waals surface area contributed by atoms with Gasteiger partial charge in [-0.1, -0.05) is 6.07 Å². The molecule has 2 heterocycles. The number of carbonyl (C=O) groups is 1. The molecule has 1 aromatic heterocycles. The second-order valence-electron chi connectivity index (χ2n) is 4.31. The minimum Gasteiger partial charge on any atom is -0.349 e. The largest absolute Gasteiger partial charge is 0.349 e. The monoisotopic (exact) mass is 234 g/mol. The van der Waals surface area contributed by atoms with E-state index in [2.05, 4.69) is 20.5 Å². The smallest absolute Gasteiger partial charge is 0.238 e. The first-order valence-electron chi connectivity index (χ1n) is 5.85. The summed E-state index contributed by atoms with van der Waals surface area (Å²) in [5.74, 6) is 0.0437. The van der Waals surface area contributed by atoms with Gasteiger partial charge in [0.2, 0.25) is 5.91 Å². The number of rotatable bonds is 3. The molecule has 5 heteroatoms. The van der Waals surface area contributed by atoms with Crippen LogP contribution in [0.15, 0.2) is 24.4 Å². The number of amides is 1. The maximum Gasteiger partial charge on any atom is 0.238 e. The van der Waals surface area contributed by atoms with Crippen molar-refractivity contribution in [3.8, 4) is 0 Å². The Labute approximate surface area is 101 Å². The quantitative estimate of drug-likeness (QED) is 0.747. The van der Waals surface area contributed by atoms with E-state index in [0.717, 1.165) is 25.3 Å². The van der Waals surface area contributed by atoms with Gasteiger partial charge in [0.05, 0.1) is 18.3 Å². The van der Waals surface area contributed by atoms with E-state index in [1.54, 1.807) is 6.20 Å². The molecule has 5 nitrogen and oxygen atoms in total. The Morgan fingerprint density at radius 1 is 1.65 bits per heavy atom. The van der Waals surface area contributed by atoms with Gasteiger partial charge in [0.1, 0.15) is 0 Å². The summed E-state index contributed by atoms with van der Waals surface area (Å²) in [6.45, 7) is 3.10. The zero-order valence-electron chi connectivity index (χ0n) is 10.0. The zero-order chi connectivity index (χ0) is 12.1. The maximum atomic E-state index is 11.9. The summed E-state index contributed by atoms with van der Waals surface area (Å²) in [6, 6.07) is 5.57. The summed E-state index contributed by atoms with van der Waals surface area (Å²) in [5.41, 5.74) is 0.880. The van der Waals surface area contributed by atoms with E-state index in [1.165, 1.54) is 0 Å². The normalized spacial score (nSPS) is 21.1. The van der Waals surface area contributed by atoms with E-state index >= 15 is 0 Å². The molecule has 0 radical (unpaired) electrons. The van der Waals surface area contributed by atoms with Gasteiger partial charge in [-0.25, -0.2) is 0 Å². The Balaban J connectivity index is 1.81. The van der Waals surface area contributed by atoms with Crippen molar-refractivity contribution < 1.29 is 4.79 Å². The molecule has 2 rings (SSSR count). The summed E-state index contributed by atoms with van der Waals surface area (Å²) in [5, 5.41) is 6.11. The topological polar surface area (TPSA) is 57.3 Å². The number of nitrogens with one attached hydrogen (secondary N) is 2. The predicted octanol–water partition coefficient (Wildman–Crippen LogP) is -0.399.